The first-order valence-electron chi connectivity index (χ1n) is 5.58. The van der Waals surface area contributed by atoms with Gasteiger partial charge in [-0.3, -0.25) is 4.79 Å². The Hall–Kier alpha value is -0.870. The summed E-state index contributed by atoms with van der Waals surface area (Å²) in [5.41, 5.74) is 0. The van der Waals surface area contributed by atoms with Crippen molar-refractivity contribution >= 4 is 17.3 Å². The maximum Gasteiger partial charge on any atom is 0.320 e. The van der Waals surface area contributed by atoms with Crippen LogP contribution in [0.3, 0.4) is 0 Å². The average molecular weight is 241 g/mol. The number of carboxylic acids is 1. The van der Waals surface area contributed by atoms with E-state index < -0.39 is 12.0 Å². The smallest absolute Gasteiger partial charge is 0.320 e. The quantitative estimate of drug-likeness (QED) is 0.770. The summed E-state index contributed by atoms with van der Waals surface area (Å²) in [6, 6.07) is 3.67. The summed E-state index contributed by atoms with van der Waals surface area (Å²) in [6.45, 7) is 4.80. The van der Waals surface area contributed by atoms with Crippen molar-refractivity contribution in [3.05, 3.63) is 22.4 Å². The van der Waals surface area contributed by atoms with Crippen LogP contribution in [0.2, 0.25) is 0 Å². The second-order valence-corrected chi connectivity index (χ2v) is 5.34. The normalized spacial score (nSPS) is 12.9. The molecule has 1 atom stereocenters. The van der Waals surface area contributed by atoms with Crippen molar-refractivity contribution in [3.63, 3.8) is 0 Å². The topological polar surface area (TPSA) is 49.3 Å². The number of hydrogen-bond donors (Lipinski definition) is 2. The Bertz CT molecular complexity index is 309. The summed E-state index contributed by atoms with van der Waals surface area (Å²) in [4.78, 5) is 12.3. The molecule has 1 aromatic heterocycles. The number of carboxylic acid groups (broad SMARTS) is 1. The van der Waals surface area contributed by atoms with Gasteiger partial charge >= 0.3 is 5.97 Å². The molecular formula is C12H19NO2S. The first-order valence-corrected chi connectivity index (χ1v) is 6.46. The molecule has 0 aliphatic heterocycles. The van der Waals surface area contributed by atoms with Gasteiger partial charge in [-0.15, -0.1) is 11.3 Å². The molecular weight excluding hydrogens is 222 g/mol. The van der Waals surface area contributed by atoms with E-state index in [0.29, 0.717) is 12.3 Å². The van der Waals surface area contributed by atoms with Crippen LogP contribution in [0.1, 0.15) is 25.1 Å². The van der Waals surface area contributed by atoms with Crippen molar-refractivity contribution in [3.8, 4) is 0 Å². The largest absolute Gasteiger partial charge is 0.480 e. The highest BCUT2D eigenvalue weighted by atomic mass is 32.1. The lowest BCUT2D eigenvalue weighted by atomic mass is 10.0. The minimum absolute atomic E-state index is 0.398. The van der Waals surface area contributed by atoms with Crippen molar-refractivity contribution in [2.24, 2.45) is 5.92 Å². The Kier molecular flexibility index (Phi) is 5.49. The zero-order valence-electron chi connectivity index (χ0n) is 9.77. The van der Waals surface area contributed by atoms with Gasteiger partial charge in [0.25, 0.3) is 0 Å². The van der Waals surface area contributed by atoms with Crippen LogP contribution in [-0.2, 0) is 11.2 Å². The Labute approximate surface area is 100 Å². The molecule has 0 aliphatic rings. The van der Waals surface area contributed by atoms with Crippen LogP contribution in [0.25, 0.3) is 0 Å². The van der Waals surface area contributed by atoms with Gasteiger partial charge in [0.2, 0.25) is 0 Å². The van der Waals surface area contributed by atoms with E-state index in [-0.39, 0.29) is 0 Å². The van der Waals surface area contributed by atoms with Crippen LogP contribution in [0, 0.1) is 5.92 Å². The highest BCUT2D eigenvalue weighted by Gasteiger charge is 2.17. The molecule has 1 rings (SSSR count). The summed E-state index contributed by atoms with van der Waals surface area (Å²) in [5, 5.41) is 14.2. The summed E-state index contributed by atoms with van der Waals surface area (Å²) < 4.78 is 0. The molecule has 1 aromatic rings. The van der Waals surface area contributed by atoms with E-state index in [4.69, 9.17) is 5.11 Å². The number of hydrogen-bond acceptors (Lipinski definition) is 3. The van der Waals surface area contributed by atoms with E-state index in [0.717, 1.165) is 13.0 Å². The molecule has 0 saturated carbocycles. The van der Waals surface area contributed by atoms with Crippen LogP contribution in [0.4, 0.5) is 0 Å². The lowest BCUT2D eigenvalue weighted by Gasteiger charge is -2.15. The van der Waals surface area contributed by atoms with E-state index >= 15 is 0 Å². The summed E-state index contributed by atoms with van der Waals surface area (Å²) in [7, 11) is 0. The number of nitrogens with one attached hydrogen (secondary N) is 1. The minimum Gasteiger partial charge on any atom is -0.480 e. The van der Waals surface area contributed by atoms with Crippen molar-refractivity contribution in [2.45, 2.75) is 32.7 Å². The molecule has 1 unspecified atom stereocenters. The number of aliphatic carboxylic acids is 1. The highest BCUT2D eigenvalue weighted by Crippen LogP contribution is 2.09. The van der Waals surface area contributed by atoms with Gasteiger partial charge in [-0.1, -0.05) is 19.9 Å². The molecule has 0 fully saturated rings. The molecule has 0 spiro atoms. The van der Waals surface area contributed by atoms with Gasteiger partial charge in [0.15, 0.2) is 0 Å². The molecule has 3 nitrogen and oxygen atoms in total. The fourth-order valence-corrected chi connectivity index (χ4v) is 2.28. The minimum atomic E-state index is -0.750. The third kappa shape index (κ3) is 4.77. The maximum absolute atomic E-state index is 11.0. The van der Waals surface area contributed by atoms with E-state index in [2.05, 4.69) is 11.4 Å². The Morgan fingerprint density at radius 2 is 2.31 bits per heavy atom. The third-order valence-electron chi connectivity index (χ3n) is 2.35. The van der Waals surface area contributed by atoms with Crippen molar-refractivity contribution in [2.75, 3.05) is 6.54 Å². The first-order chi connectivity index (χ1) is 7.59. The standard InChI is InChI=1S/C12H19NO2S/c1-9(2)8-11(12(14)15)13-6-5-10-4-3-7-16-10/h3-4,7,9,11,13H,5-6,8H2,1-2H3,(H,14,15). The molecule has 1 heterocycles. The summed E-state index contributed by atoms with van der Waals surface area (Å²) in [5.74, 6) is -0.352. The molecule has 0 amide bonds. The van der Waals surface area contributed by atoms with Crippen molar-refractivity contribution in [1.29, 1.82) is 0 Å². The molecule has 0 aliphatic carbocycles. The molecule has 0 radical (unpaired) electrons. The zero-order valence-corrected chi connectivity index (χ0v) is 10.6. The fraction of sp³-hybridized carbons (Fsp3) is 0.583. The Morgan fingerprint density at radius 1 is 1.56 bits per heavy atom. The van der Waals surface area contributed by atoms with E-state index in [1.54, 1.807) is 11.3 Å². The number of rotatable bonds is 7. The second kappa shape index (κ2) is 6.66. The second-order valence-electron chi connectivity index (χ2n) is 4.30. The van der Waals surface area contributed by atoms with Gasteiger partial charge < -0.3 is 10.4 Å². The van der Waals surface area contributed by atoms with Crippen LogP contribution in [-0.4, -0.2) is 23.7 Å². The van der Waals surface area contributed by atoms with Gasteiger partial charge in [0.1, 0.15) is 6.04 Å². The van der Waals surface area contributed by atoms with Crippen LogP contribution < -0.4 is 5.32 Å². The van der Waals surface area contributed by atoms with Gasteiger partial charge in [-0.05, 0) is 30.2 Å². The Morgan fingerprint density at radius 3 is 2.81 bits per heavy atom. The van der Waals surface area contributed by atoms with Crippen LogP contribution >= 0.6 is 11.3 Å². The van der Waals surface area contributed by atoms with E-state index in [1.165, 1.54) is 4.88 Å². The number of carbonyl (C=O) groups is 1. The number of thiophene rings is 1. The van der Waals surface area contributed by atoms with Gasteiger partial charge in [0, 0.05) is 11.4 Å². The zero-order chi connectivity index (χ0) is 12.0. The SMILES string of the molecule is CC(C)CC(NCCc1cccs1)C(=O)O. The van der Waals surface area contributed by atoms with Crippen molar-refractivity contribution in [1.82, 2.24) is 5.32 Å². The predicted octanol–water partition coefficient (Wildman–Crippen LogP) is 2.38. The third-order valence-corrected chi connectivity index (χ3v) is 3.28. The first kappa shape index (κ1) is 13.2. The van der Waals surface area contributed by atoms with Crippen molar-refractivity contribution < 1.29 is 9.90 Å². The predicted molar refractivity (Wildman–Crippen MR) is 66.9 cm³/mol. The van der Waals surface area contributed by atoms with Gasteiger partial charge in [0.05, 0.1) is 0 Å². The maximum atomic E-state index is 11.0. The molecule has 0 bridgehead atoms. The lowest BCUT2D eigenvalue weighted by Crippen LogP contribution is -2.38. The molecule has 4 heteroatoms. The van der Waals surface area contributed by atoms with E-state index in [9.17, 15) is 4.79 Å². The van der Waals surface area contributed by atoms with Gasteiger partial charge in [-0.2, -0.15) is 0 Å². The van der Waals surface area contributed by atoms with Crippen LogP contribution in [0.5, 0.6) is 0 Å². The molecule has 90 valence electrons. The highest BCUT2D eigenvalue weighted by molar-refractivity contribution is 7.09. The molecule has 16 heavy (non-hydrogen) atoms. The molecule has 2 N–H and O–H groups in total. The summed E-state index contributed by atoms with van der Waals surface area (Å²) in [6.07, 6.45) is 1.58. The average Bonchev–Trinajstić information content (AvgIpc) is 2.68. The van der Waals surface area contributed by atoms with E-state index in [1.807, 2.05) is 25.3 Å². The van der Waals surface area contributed by atoms with Crippen LogP contribution in [0.15, 0.2) is 17.5 Å². The summed E-state index contributed by atoms with van der Waals surface area (Å²) >= 11 is 1.71. The lowest BCUT2D eigenvalue weighted by molar-refractivity contribution is -0.139. The molecule has 0 aromatic carbocycles. The Balaban J connectivity index is 2.30. The van der Waals surface area contributed by atoms with Gasteiger partial charge in [-0.25, -0.2) is 0 Å². The fourth-order valence-electron chi connectivity index (χ4n) is 1.57. The monoisotopic (exact) mass is 241 g/mol. The molecule has 0 saturated heterocycles.